The Balaban J connectivity index is 1.72. The topological polar surface area (TPSA) is 64.7 Å². The number of fused-ring (bicyclic) bond motifs is 1. The molecule has 1 aliphatic rings. The number of carbonyl (C=O) groups is 2. The van der Waals surface area contributed by atoms with Gasteiger partial charge in [-0.2, -0.15) is 0 Å². The van der Waals surface area contributed by atoms with E-state index in [0.29, 0.717) is 39.8 Å². The molecule has 34 heavy (non-hydrogen) atoms. The average Bonchev–Trinajstić information content (AvgIpc) is 3.15. The van der Waals surface area contributed by atoms with E-state index in [-0.39, 0.29) is 11.8 Å². The highest BCUT2D eigenvalue weighted by Gasteiger charge is 2.28. The maximum atomic E-state index is 13.0. The van der Waals surface area contributed by atoms with Crippen molar-refractivity contribution in [2.45, 2.75) is 0 Å². The summed E-state index contributed by atoms with van der Waals surface area (Å²) in [6.07, 6.45) is 0. The molecule has 2 N–H and O–H groups in total. The van der Waals surface area contributed by atoms with Crippen molar-refractivity contribution >= 4 is 46.1 Å². The van der Waals surface area contributed by atoms with Crippen LogP contribution in [0.2, 0.25) is 5.02 Å². The lowest BCUT2D eigenvalue weighted by atomic mass is 10.00. The maximum Gasteiger partial charge on any atom is 0.258 e. The molecule has 0 aliphatic carbocycles. The van der Waals surface area contributed by atoms with Gasteiger partial charge in [0.1, 0.15) is 0 Å². The van der Waals surface area contributed by atoms with E-state index in [1.807, 2.05) is 73.6 Å². The molecule has 0 aromatic heterocycles. The number of rotatable bonds is 7. The fraction of sp³-hybridized carbons (Fsp3) is 0.185. The molecule has 0 atom stereocenters. The molecular weight excluding hydrogens is 448 g/mol. The van der Waals surface area contributed by atoms with Crippen LogP contribution < -0.4 is 10.6 Å². The molecule has 0 fully saturated rings. The van der Waals surface area contributed by atoms with Crippen LogP contribution in [0.5, 0.6) is 0 Å². The van der Waals surface area contributed by atoms with Crippen LogP contribution >= 0.6 is 11.6 Å². The predicted octanol–water partition coefficient (Wildman–Crippen LogP) is 4.91. The second kappa shape index (κ2) is 10.1. The van der Waals surface area contributed by atoms with Crippen molar-refractivity contribution in [3.05, 3.63) is 94.5 Å². The Morgan fingerprint density at radius 3 is 2.38 bits per heavy atom. The Morgan fingerprint density at radius 1 is 0.912 bits per heavy atom. The van der Waals surface area contributed by atoms with Crippen LogP contribution in [0.3, 0.4) is 0 Å². The maximum absolute atomic E-state index is 13.0. The number of nitrogens with one attached hydrogen (secondary N) is 2. The largest absolute Gasteiger partial charge is 0.354 e. The molecule has 1 heterocycles. The van der Waals surface area contributed by atoms with Gasteiger partial charge >= 0.3 is 0 Å². The standard InChI is InChI=1S/C27H27ClN4O2/c1-31(2)14-15-32(3)27(34)19-10-7-11-21(16-19)29-25(18-8-5-4-6-9-18)24-22-13-12-20(28)17-23(22)30-26(24)33/h4-13,16-17,29H,14-15H2,1-3H3,(H,30,33)/b25-24-. The number of anilines is 2. The number of halogens is 1. The summed E-state index contributed by atoms with van der Waals surface area (Å²) in [4.78, 5) is 29.7. The highest BCUT2D eigenvalue weighted by molar-refractivity contribution is 6.38. The van der Waals surface area contributed by atoms with Crippen molar-refractivity contribution in [3.63, 3.8) is 0 Å². The predicted molar refractivity (Wildman–Crippen MR) is 139 cm³/mol. The Labute approximate surface area is 204 Å². The summed E-state index contributed by atoms with van der Waals surface area (Å²) in [6, 6.07) is 22.4. The summed E-state index contributed by atoms with van der Waals surface area (Å²) in [5.41, 5.74) is 4.78. The van der Waals surface area contributed by atoms with Crippen molar-refractivity contribution < 1.29 is 9.59 Å². The summed E-state index contributed by atoms with van der Waals surface area (Å²) in [5.74, 6) is -0.266. The Bertz CT molecular complexity index is 1250. The lowest BCUT2D eigenvalue weighted by Crippen LogP contribution is -2.33. The van der Waals surface area contributed by atoms with Gasteiger partial charge in [-0.25, -0.2) is 0 Å². The summed E-state index contributed by atoms with van der Waals surface area (Å²) in [5, 5.41) is 6.88. The molecule has 0 bridgehead atoms. The van der Waals surface area contributed by atoms with Gasteiger partial charge in [0.15, 0.2) is 0 Å². The van der Waals surface area contributed by atoms with E-state index in [1.54, 1.807) is 30.1 Å². The van der Waals surface area contributed by atoms with Crippen LogP contribution in [0.25, 0.3) is 11.3 Å². The Hall–Kier alpha value is -3.61. The van der Waals surface area contributed by atoms with E-state index < -0.39 is 0 Å². The molecular formula is C27H27ClN4O2. The summed E-state index contributed by atoms with van der Waals surface area (Å²) >= 11 is 6.14. The molecule has 4 rings (SSSR count). The van der Waals surface area contributed by atoms with Gasteiger partial charge in [0, 0.05) is 42.0 Å². The van der Waals surface area contributed by atoms with E-state index in [4.69, 9.17) is 11.6 Å². The monoisotopic (exact) mass is 474 g/mol. The van der Waals surface area contributed by atoms with Gasteiger partial charge in [-0.05, 0) is 50.0 Å². The van der Waals surface area contributed by atoms with Gasteiger partial charge in [-0.15, -0.1) is 0 Å². The number of amides is 2. The highest BCUT2D eigenvalue weighted by Crippen LogP contribution is 2.38. The zero-order valence-corrected chi connectivity index (χ0v) is 20.2. The molecule has 6 nitrogen and oxygen atoms in total. The van der Waals surface area contributed by atoms with E-state index >= 15 is 0 Å². The third-order valence-electron chi connectivity index (χ3n) is 5.65. The van der Waals surface area contributed by atoms with Gasteiger partial charge in [0.05, 0.1) is 17.0 Å². The van der Waals surface area contributed by atoms with Crippen LogP contribution in [0.1, 0.15) is 21.5 Å². The number of likely N-dealkylation sites (N-methyl/N-ethyl adjacent to an activating group) is 2. The van der Waals surface area contributed by atoms with Crippen LogP contribution in [-0.2, 0) is 4.79 Å². The first-order valence-electron chi connectivity index (χ1n) is 11.0. The second-order valence-electron chi connectivity index (χ2n) is 8.50. The number of hydrogen-bond donors (Lipinski definition) is 2. The van der Waals surface area contributed by atoms with E-state index in [2.05, 4.69) is 10.6 Å². The molecule has 2 amide bonds. The molecule has 174 valence electrons. The van der Waals surface area contributed by atoms with Crippen LogP contribution in [-0.4, -0.2) is 55.8 Å². The van der Waals surface area contributed by atoms with E-state index in [0.717, 1.165) is 17.7 Å². The van der Waals surface area contributed by atoms with Gasteiger partial charge < -0.3 is 20.4 Å². The van der Waals surface area contributed by atoms with Crippen molar-refractivity contribution in [2.75, 3.05) is 44.9 Å². The molecule has 0 saturated heterocycles. The van der Waals surface area contributed by atoms with E-state index in [1.165, 1.54) is 0 Å². The molecule has 3 aromatic carbocycles. The second-order valence-corrected chi connectivity index (χ2v) is 8.93. The zero-order valence-electron chi connectivity index (χ0n) is 19.4. The smallest absolute Gasteiger partial charge is 0.258 e. The summed E-state index contributed by atoms with van der Waals surface area (Å²) in [7, 11) is 5.76. The zero-order chi connectivity index (χ0) is 24.2. The normalized spacial score (nSPS) is 14.0. The van der Waals surface area contributed by atoms with Crippen molar-refractivity contribution in [3.8, 4) is 0 Å². The fourth-order valence-electron chi connectivity index (χ4n) is 3.82. The molecule has 7 heteroatoms. The lowest BCUT2D eigenvalue weighted by Gasteiger charge is -2.20. The first kappa shape index (κ1) is 23.5. The Kier molecular flexibility index (Phi) is 7.01. The van der Waals surface area contributed by atoms with Gasteiger partial charge in [0.25, 0.3) is 11.8 Å². The van der Waals surface area contributed by atoms with Crippen LogP contribution in [0.4, 0.5) is 11.4 Å². The Morgan fingerprint density at radius 2 is 1.65 bits per heavy atom. The number of nitrogens with zero attached hydrogens (tertiary/aromatic N) is 2. The first-order chi connectivity index (χ1) is 16.3. The third kappa shape index (κ3) is 5.14. The van der Waals surface area contributed by atoms with Crippen LogP contribution in [0, 0.1) is 0 Å². The number of carbonyl (C=O) groups excluding carboxylic acids is 2. The van der Waals surface area contributed by atoms with Crippen molar-refractivity contribution in [1.82, 2.24) is 9.80 Å². The quantitative estimate of drug-likeness (QED) is 0.478. The van der Waals surface area contributed by atoms with Gasteiger partial charge in [-0.1, -0.05) is 54.1 Å². The molecule has 0 spiro atoms. The minimum Gasteiger partial charge on any atom is -0.354 e. The fourth-order valence-corrected chi connectivity index (χ4v) is 4.00. The number of benzene rings is 3. The van der Waals surface area contributed by atoms with Gasteiger partial charge in [-0.3, -0.25) is 9.59 Å². The highest BCUT2D eigenvalue weighted by atomic mass is 35.5. The van der Waals surface area contributed by atoms with Crippen LogP contribution in [0.15, 0.2) is 72.8 Å². The number of hydrogen-bond acceptors (Lipinski definition) is 4. The molecule has 0 radical (unpaired) electrons. The van der Waals surface area contributed by atoms with E-state index in [9.17, 15) is 9.59 Å². The average molecular weight is 475 g/mol. The molecule has 1 aliphatic heterocycles. The van der Waals surface area contributed by atoms with Crippen molar-refractivity contribution in [1.29, 1.82) is 0 Å². The molecule has 0 saturated carbocycles. The lowest BCUT2D eigenvalue weighted by molar-refractivity contribution is -0.110. The first-order valence-corrected chi connectivity index (χ1v) is 11.4. The SMILES string of the molecule is CN(C)CCN(C)C(=O)c1cccc(N/C(=C2\C(=O)Nc3cc(Cl)ccc32)c2ccccc2)c1. The molecule has 3 aromatic rings. The minimum absolute atomic E-state index is 0.0574. The van der Waals surface area contributed by atoms with Gasteiger partial charge in [0.2, 0.25) is 0 Å². The third-order valence-corrected chi connectivity index (χ3v) is 5.88. The molecule has 0 unspecified atom stereocenters. The minimum atomic E-state index is -0.209. The van der Waals surface area contributed by atoms with Crippen molar-refractivity contribution in [2.24, 2.45) is 0 Å². The summed E-state index contributed by atoms with van der Waals surface area (Å²) < 4.78 is 0. The summed E-state index contributed by atoms with van der Waals surface area (Å²) in [6.45, 7) is 1.41.